The number of halogens is 1. The quantitative estimate of drug-likeness (QED) is 0.652. The van der Waals surface area contributed by atoms with Gasteiger partial charge in [-0.3, -0.25) is 9.59 Å². The number of rotatable bonds is 5. The molecule has 0 saturated carbocycles. The lowest BCUT2D eigenvalue weighted by molar-refractivity contribution is 0.0950. The number of nitrogens with two attached hydrogens (primary N) is 1. The molecule has 3 rings (SSSR count). The van der Waals surface area contributed by atoms with E-state index in [-0.39, 0.29) is 24.2 Å². The van der Waals surface area contributed by atoms with Gasteiger partial charge >= 0.3 is 0 Å². The van der Waals surface area contributed by atoms with Crippen LogP contribution in [0.1, 0.15) is 21.6 Å². The number of hydrogen-bond acceptors (Lipinski definition) is 4. The van der Waals surface area contributed by atoms with Gasteiger partial charge in [0.1, 0.15) is 5.82 Å². The van der Waals surface area contributed by atoms with Crippen molar-refractivity contribution in [3.8, 4) is 0 Å². The lowest BCUT2D eigenvalue weighted by Crippen LogP contribution is -2.29. The molecule has 25 heavy (non-hydrogen) atoms. The van der Waals surface area contributed by atoms with Gasteiger partial charge in [0, 0.05) is 24.9 Å². The number of aromatic amines is 1. The molecule has 0 aliphatic heterocycles. The van der Waals surface area contributed by atoms with Gasteiger partial charge in [0.15, 0.2) is 0 Å². The van der Waals surface area contributed by atoms with Crippen molar-refractivity contribution >= 4 is 16.7 Å². The number of nitrogens with zero attached hydrogens (tertiary/aromatic N) is 1. The molecule has 1 heterocycles. The first-order chi connectivity index (χ1) is 12.1. The maximum Gasteiger partial charge on any atom is 0.272 e. The van der Waals surface area contributed by atoms with E-state index in [0.29, 0.717) is 23.1 Å². The van der Waals surface area contributed by atoms with E-state index in [0.717, 1.165) is 5.39 Å². The summed E-state index contributed by atoms with van der Waals surface area (Å²) in [6.07, 6.45) is 0.356. The van der Waals surface area contributed by atoms with E-state index in [1.54, 1.807) is 18.2 Å². The summed E-state index contributed by atoms with van der Waals surface area (Å²) in [5.41, 5.74) is 6.40. The van der Waals surface area contributed by atoms with Gasteiger partial charge in [0.25, 0.3) is 11.5 Å². The Labute approximate surface area is 142 Å². The van der Waals surface area contributed by atoms with Crippen LogP contribution in [0.4, 0.5) is 4.39 Å². The van der Waals surface area contributed by atoms with Crippen molar-refractivity contribution in [2.45, 2.75) is 6.42 Å². The molecule has 3 aromatic rings. The molecule has 0 radical (unpaired) electrons. The summed E-state index contributed by atoms with van der Waals surface area (Å²) >= 11 is 0. The Balaban J connectivity index is 1.95. The molecule has 2 aromatic carbocycles. The zero-order valence-electron chi connectivity index (χ0n) is 13.4. The van der Waals surface area contributed by atoms with Crippen LogP contribution in [-0.2, 0) is 6.42 Å². The molecule has 0 fully saturated rings. The normalized spacial score (nSPS) is 10.8. The minimum Gasteiger partial charge on any atom is -0.351 e. The van der Waals surface area contributed by atoms with Gasteiger partial charge in [-0.05, 0) is 23.8 Å². The maximum absolute atomic E-state index is 13.9. The van der Waals surface area contributed by atoms with Crippen LogP contribution in [0.3, 0.4) is 0 Å². The van der Waals surface area contributed by atoms with Crippen LogP contribution in [-0.4, -0.2) is 29.2 Å². The number of benzene rings is 2. The summed E-state index contributed by atoms with van der Waals surface area (Å²) in [4.78, 5) is 23.9. The van der Waals surface area contributed by atoms with Crippen LogP contribution in [0.25, 0.3) is 10.8 Å². The van der Waals surface area contributed by atoms with E-state index in [2.05, 4.69) is 15.5 Å². The third-order valence-corrected chi connectivity index (χ3v) is 3.85. The second-order valence-electron chi connectivity index (χ2n) is 5.58. The van der Waals surface area contributed by atoms with Crippen molar-refractivity contribution in [1.29, 1.82) is 0 Å². The number of hydrogen-bond donors (Lipinski definition) is 3. The van der Waals surface area contributed by atoms with Crippen molar-refractivity contribution in [2.24, 2.45) is 5.73 Å². The van der Waals surface area contributed by atoms with Crippen molar-refractivity contribution in [1.82, 2.24) is 15.5 Å². The van der Waals surface area contributed by atoms with E-state index in [1.165, 1.54) is 12.1 Å². The van der Waals surface area contributed by atoms with Crippen molar-refractivity contribution < 1.29 is 9.18 Å². The highest BCUT2D eigenvalue weighted by atomic mass is 19.1. The summed E-state index contributed by atoms with van der Waals surface area (Å²) < 4.78 is 13.9. The van der Waals surface area contributed by atoms with E-state index in [4.69, 9.17) is 5.73 Å². The van der Waals surface area contributed by atoms with E-state index >= 15 is 0 Å². The topological polar surface area (TPSA) is 101 Å². The van der Waals surface area contributed by atoms with E-state index < -0.39 is 11.7 Å². The summed E-state index contributed by atoms with van der Waals surface area (Å²) in [7, 11) is 0. The monoisotopic (exact) mass is 340 g/mol. The van der Waals surface area contributed by atoms with Gasteiger partial charge in [-0.25, -0.2) is 9.49 Å². The molecular formula is C18H17FN4O2. The van der Waals surface area contributed by atoms with Crippen molar-refractivity contribution in [2.75, 3.05) is 13.1 Å². The summed E-state index contributed by atoms with van der Waals surface area (Å²) in [6, 6.07) is 11.5. The fraction of sp³-hybridized carbons (Fsp3) is 0.167. The first kappa shape index (κ1) is 16.8. The van der Waals surface area contributed by atoms with Gasteiger partial charge in [-0.2, -0.15) is 5.10 Å². The second-order valence-corrected chi connectivity index (χ2v) is 5.58. The highest BCUT2D eigenvalue weighted by Gasteiger charge is 2.13. The average molecular weight is 340 g/mol. The number of carbonyl (C=O) groups excluding carboxylic acids is 1. The lowest BCUT2D eigenvalue weighted by Gasteiger charge is -2.09. The molecule has 0 aliphatic rings. The molecule has 7 heteroatoms. The third kappa shape index (κ3) is 3.56. The predicted octanol–water partition coefficient (Wildman–Crippen LogP) is 1.34. The number of carbonyl (C=O) groups is 1. The van der Waals surface area contributed by atoms with Gasteiger partial charge in [-0.1, -0.05) is 24.3 Å². The van der Waals surface area contributed by atoms with Crippen LogP contribution in [0.15, 0.2) is 47.3 Å². The standard InChI is InChI=1S/C18H17FN4O2/c19-15-6-5-11(9-14(15)17(24)21-8-7-20)10-16-12-3-1-2-4-13(12)18(25)23-22-16/h1-6,9H,7-8,10,20H2,(H,21,24)(H,23,25). The Morgan fingerprint density at radius 3 is 2.72 bits per heavy atom. The molecule has 0 saturated heterocycles. The molecule has 1 amide bonds. The molecule has 0 unspecified atom stereocenters. The molecule has 1 aromatic heterocycles. The third-order valence-electron chi connectivity index (χ3n) is 3.85. The molecule has 0 bridgehead atoms. The Morgan fingerprint density at radius 1 is 1.20 bits per heavy atom. The van der Waals surface area contributed by atoms with Gasteiger partial charge < -0.3 is 11.1 Å². The molecule has 0 atom stereocenters. The Bertz CT molecular complexity index is 984. The smallest absolute Gasteiger partial charge is 0.272 e. The number of H-pyrrole nitrogens is 1. The zero-order chi connectivity index (χ0) is 17.8. The first-order valence-corrected chi connectivity index (χ1v) is 7.83. The van der Waals surface area contributed by atoms with Crippen molar-refractivity contribution in [3.05, 3.63) is 75.5 Å². The minimum atomic E-state index is -0.599. The van der Waals surface area contributed by atoms with Gasteiger partial charge in [-0.15, -0.1) is 0 Å². The molecule has 4 N–H and O–H groups in total. The first-order valence-electron chi connectivity index (χ1n) is 7.83. The van der Waals surface area contributed by atoms with Crippen LogP contribution in [0.5, 0.6) is 0 Å². The van der Waals surface area contributed by atoms with Gasteiger partial charge in [0.2, 0.25) is 0 Å². The SMILES string of the molecule is NCCNC(=O)c1cc(Cc2n[nH]c(=O)c3ccccc23)ccc1F. The van der Waals surface area contributed by atoms with Crippen LogP contribution < -0.4 is 16.6 Å². The Kier molecular flexibility index (Phi) is 4.85. The Morgan fingerprint density at radius 2 is 1.96 bits per heavy atom. The Hall–Kier alpha value is -3.06. The zero-order valence-corrected chi connectivity index (χ0v) is 13.4. The minimum absolute atomic E-state index is 0.0420. The number of aromatic nitrogens is 2. The molecule has 0 aliphatic carbocycles. The van der Waals surface area contributed by atoms with Gasteiger partial charge in [0.05, 0.1) is 16.6 Å². The number of amides is 1. The predicted molar refractivity (Wildman–Crippen MR) is 93.0 cm³/mol. The lowest BCUT2D eigenvalue weighted by atomic mass is 10.0. The van der Waals surface area contributed by atoms with E-state index in [1.807, 2.05) is 12.1 Å². The summed E-state index contributed by atoms with van der Waals surface area (Å²) in [5, 5.41) is 10.4. The summed E-state index contributed by atoms with van der Waals surface area (Å²) in [6.45, 7) is 0.551. The maximum atomic E-state index is 13.9. The highest BCUT2D eigenvalue weighted by molar-refractivity contribution is 5.94. The van der Waals surface area contributed by atoms with Crippen molar-refractivity contribution in [3.63, 3.8) is 0 Å². The highest BCUT2D eigenvalue weighted by Crippen LogP contribution is 2.18. The molecule has 6 nitrogen and oxygen atoms in total. The molecular weight excluding hydrogens is 323 g/mol. The fourth-order valence-electron chi connectivity index (χ4n) is 2.64. The fourth-order valence-corrected chi connectivity index (χ4v) is 2.64. The van der Waals surface area contributed by atoms with Crippen LogP contribution in [0, 0.1) is 5.82 Å². The summed E-state index contributed by atoms with van der Waals surface area (Å²) in [5.74, 6) is -1.11. The van der Waals surface area contributed by atoms with Crippen LogP contribution in [0.2, 0.25) is 0 Å². The van der Waals surface area contributed by atoms with E-state index in [9.17, 15) is 14.0 Å². The number of nitrogens with one attached hydrogen (secondary N) is 2. The molecule has 128 valence electrons. The molecule has 0 spiro atoms. The van der Waals surface area contributed by atoms with Crippen LogP contribution >= 0.6 is 0 Å². The second kappa shape index (κ2) is 7.23. The largest absolute Gasteiger partial charge is 0.351 e. The average Bonchev–Trinajstić information content (AvgIpc) is 2.63. The number of fused-ring (bicyclic) bond motifs is 1.